The van der Waals surface area contributed by atoms with E-state index in [-0.39, 0.29) is 30.7 Å². The first-order valence-electron chi connectivity index (χ1n) is 12.0. The molecular weight excluding hydrogens is 455 g/mol. The van der Waals surface area contributed by atoms with Gasteiger partial charge in [0.15, 0.2) is 0 Å². The lowest BCUT2D eigenvalue weighted by Crippen LogP contribution is -2.50. The van der Waals surface area contributed by atoms with Gasteiger partial charge in [0.1, 0.15) is 5.75 Å². The minimum atomic E-state index is -0.586. The van der Waals surface area contributed by atoms with Crippen LogP contribution in [0.15, 0.2) is 54.6 Å². The monoisotopic (exact) mass is 494 g/mol. The van der Waals surface area contributed by atoms with Gasteiger partial charge in [-0.2, -0.15) is 0 Å². The van der Waals surface area contributed by atoms with Gasteiger partial charge in [0.05, 0.1) is 12.2 Å². The van der Waals surface area contributed by atoms with Gasteiger partial charge >= 0.3 is 0 Å². The summed E-state index contributed by atoms with van der Waals surface area (Å²) in [7, 11) is 2.19. The van der Waals surface area contributed by atoms with Crippen molar-refractivity contribution in [3.63, 3.8) is 0 Å². The Balaban J connectivity index is 0.00000193. The first-order chi connectivity index (χ1) is 15.1. The molecule has 1 unspecified atom stereocenters. The van der Waals surface area contributed by atoms with E-state index in [1.165, 1.54) is 17.5 Å². The second kappa shape index (κ2) is 13.6. The van der Waals surface area contributed by atoms with Gasteiger partial charge in [0, 0.05) is 45.1 Å². The molecule has 33 heavy (non-hydrogen) atoms. The first kappa shape index (κ1) is 27.9. The number of benzene rings is 2. The fourth-order valence-electron chi connectivity index (χ4n) is 5.11. The van der Waals surface area contributed by atoms with Gasteiger partial charge in [-0.3, -0.25) is 0 Å². The number of piperazine rings is 1. The predicted octanol–water partition coefficient (Wildman–Crippen LogP) is 5.18. The molecule has 1 heterocycles. The van der Waals surface area contributed by atoms with Crippen LogP contribution in [0, 0.1) is 0 Å². The Morgan fingerprint density at radius 1 is 0.879 bits per heavy atom. The Kier molecular flexibility index (Phi) is 11.5. The zero-order chi connectivity index (χ0) is 21.5. The third-order valence-electron chi connectivity index (χ3n) is 7.19. The van der Waals surface area contributed by atoms with E-state index in [1.807, 2.05) is 6.07 Å². The van der Waals surface area contributed by atoms with Crippen molar-refractivity contribution in [1.82, 2.24) is 9.80 Å². The Labute approximate surface area is 212 Å². The molecule has 4 nitrogen and oxygen atoms in total. The van der Waals surface area contributed by atoms with Crippen molar-refractivity contribution in [2.24, 2.45) is 0 Å². The first-order valence-corrected chi connectivity index (χ1v) is 12.0. The zero-order valence-corrected chi connectivity index (χ0v) is 21.5. The van der Waals surface area contributed by atoms with Crippen LogP contribution in [0.1, 0.15) is 49.1 Å². The van der Waals surface area contributed by atoms with Crippen LogP contribution in [0.25, 0.3) is 0 Å². The van der Waals surface area contributed by atoms with Gasteiger partial charge in [0.2, 0.25) is 0 Å². The highest BCUT2D eigenvalue weighted by molar-refractivity contribution is 5.85. The Morgan fingerprint density at radius 2 is 1.52 bits per heavy atom. The molecule has 0 radical (unpaired) electrons. The van der Waals surface area contributed by atoms with Crippen LogP contribution in [0.2, 0.25) is 0 Å². The molecule has 1 N–H and O–H groups in total. The molecule has 0 bridgehead atoms. The van der Waals surface area contributed by atoms with Crippen LogP contribution >= 0.6 is 24.8 Å². The maximum Gasteiger partial charge on any atom is 0.119 e. The third kappa shape index (κ3) is 7.87. The van der Waals surface area contributed by atoms with E-state index >= 15 is 0 Å². The number of halogens is 2. The number of nitrogens with zero attached hydrogens (tertiary/aromatic N) is 2. The summed E-state index contributed by atoms with van der Waals surface area (Å²) < 4.78 is 6.00. The normalized spacial score (nSPS) is 19.7. The van der Waals surface area contributed by atoms with Gasteiger partial charge in [-0.1, -0.05) is 61.7 Å². The average Bonchev–Trinajstić information content (AvgIpc) is 2.80. The number of aliphatic hydroxyl groups is 1. The molecule has 2 aromatic rings. The summed E-state index contributed by atoms with van der Waals surface area (Å²) >= 11 is 0. The quantitative estimate of drug-likeness (QED) is 0.548. The fraction of sp³-hybridized carbons (Fsp3) is 0.556. The van der Waals surface area contributed by atoms with Crippen LogP contribution in [0.3, 0.4) is 0 Å². The number of likely N-dealkylation sites (N-methyl/N-ethyl adjacent to an activating group) is 1. The molecule has 2 aromatic carbocycles. The van der Waals surface area contributed by atoms with Crippen molar-refractivity contribution in [1.29, 1.82) is 0 Å². The van der Waals surface area contributed by atoms with Gasteiger partial charge in [-0.05, 0) is 43.1 Å². The highest BCUT2D eigenvalue weighted by atomic mass is 35.5. The molecule has 1 atom stereocenters. The van der Waals surface area contributed by atoms with Gasteiger partial charge < -0.3 is 19.6 Å². The molecule has 1 saturated carbocycles. The lowest BCUT2D eigenvalue weighted by molar-refractivity contribution is -0.0337. The van der Waals surface area contributed by atoms with Crippen molar-refractivity contribution < 1.29 is 9.84 Å². The average molecular weight is 496 g/mol. The van der Waals surface area contributed by atoms with E-state index in [1.54, 1.807) is 0 Å². The zero-order valence-electron chi connectivity index (χ0n) is 19.8. The van der Waals surface area contributed by atoms with E-state index in [0.29, 0.717) is 6.61 Å². The molecule has 6 heteroatoms. The smallest absolute Gasteiger partial charge is 0.119 e. The summed E-state index contributed by atoms with van der Waals surface area (Å²) in [6, 6.07) is 19.0. The highest BCUT2D eigenvalue weighted by Gasteiger charge is 2.39. The van der Waals surface area contributed by atoms with Gasteiger partial charge in [-0.15, -0.1) is 24.8 Å². The number of hydrogen-bond acceptors (Lipinski definition) is 4. The minimum absolute atomic E-state index is 0. The molecule has 184 valence electrons. The summed E-state index contributed by atoms with van der Waals surface area (Å²) in [6.45, 7) is 6.02. The Hall–Kier alpha value is -1.30. The molecule has 1 saturated heterocycles. The SMILES string of the molecule is CN1CCN(CC(c2ccc(OCCc3ccccc3)cc2)C2(O)CCCCC2)CC1.Cl.Cl. The van der Waals surface area contributed by atoms with E-state index in [9.17, 15) is 5.11 Å². The Bertz CT molecular complexity index is 790. The Morgan fingerprint density at radius 3 is 2.15 bits per heavy atom. The molecule has 1 aliphatic carbocycles. The molecule has 4 rings (SSSR count). The van der Waals surface area contributed by atoms with E-state index in [4.69, 9.17) is 4.74 Å². The maximum absolute atomic E-state index is 11.6. The van der Waals surface area contributed by atoms with E-state index < -0.39 is 5.60 Å². The topological polar surface area (TPSA) is 35.9 Å². The maximum atomic E-state index is 11.6. The second-order valence-corrected chi connectivity index (χ2v) is 9.47. The lowest BCUT2D eigenvalue weighted by atomic mass is 9.72. The van der Waals surface area contributed by atoms with E-state index in [2.05, 4.69) is 65.4 Å². The van der Waals surface area contributed by atoms with Crippen molar-refractivity contribution in [3.05, 3.63) is 65.7 Å². The number of hydrogen-bond donors (Lipinski definition) is 1. The van der Waals surface area contributed by atoms with Crippen LogP contribution < -0.4 is 4.74 Å². The summed E-state index contributed by atoms with van der Waals surface area (Å²) in [5.41, 5.74) is 1.96. The van der Waals surface area contributed by atoms with Gasteiger partial charge in [-0.25, -0.2) is 0 Å². The van der Waals surface area contributed by atoms with Crippen molar-refractivity contribution in [2.45, 2.75) is 50.0 Å². The van der Waals surface area contributed by atoms with Crippen LogP contribution in [-0.4, -0.2) is 66.9 Å². The second-order valence-electron chi connectivity index (χ2n) is 9.47. The highest BCUT2D eigenvalue weighted by Crippen LogP contribution is 2.41. The van der Waals surface area contributed by atoms with E-state index in [0.717, 1.165) is 70.6 Å². The third-order valence-corrected chi connectivity index (χ3v) is 7.19. The number of ether oxygens (including phenoxy) is 1. The van der Waals surface area contributed by atoms with Crippen molar-refractivity contribution >= 4 is 24.8 Å². The molecule has 2 aliphatic rings. The molecule has 2 fully saturated rings. The molecular formula is C27H40Cl2N2O2. The number of rotatable bonds is 8. The molecule has 1 aliphatic heterocycles. The fourth-order valence-corrected chi connectivity index (χ4v) is 5.11. The van der Waals surface area contributed by atoms with Crippen LogP contribution in [-0.2, 0) is 6.42 Å². The largest absolute Gasteiger partial charge is 0.493 e. The van der Waals surface area contributed by atoms with Crippen LogP contribution in [0.4, 0.5) is 0 Å². The molecule has 0 spiro atoms. The van der Waals surface area contributed by atoms with Crippen molar-refractivity contribution in [2.75, 3.05) is 46.4 Å². The summed E-state index contributed by atoms with van der Waals surface area (Å²) in [5, 5.41) is 11.6. The standard InChI is InChI=1S/C27H38N2O2.2ClH/c1-28-17-19-29(20-18-28)22-26(27(30)15-6-3-7-16-27)24-10-12-25(13-11-24)31-21-14-23-8-4-2-5-9-23;;/h2,4-5,8-13,26,30H,3,6-7,14-22H2,1H3;2*1H. The minimum Gasteiger partial charge on any atom is -0.493 e. The lowest BCUT2D eigenvalue weighted by Gasteiger charge is -2.43. The van der Waals surface area contributed by atoms with Crippen LogP contribution in [0.5, 0.6) is 5.75 Å². The molecule has 0 aromatic heterocycles. The van der Waals surface area contributed by atoms with Gasteiger partial charge in [0.25, 0.3) is 0 Å². The van der Waals surface area contributed by atoms with Crippen molar-refractivity contribution in [3.8, 4) is 5.75 Å². The molecule has 0 amide bonds. The summed E-state index contributed by atoms with van der Waals surface area (Å²) in [4.78, 5) is 4.93. The summed E-state index contributed by atoms with van der Waals surface area (Å²) in [6.07, 6.45) is 6.26. The predicted molar refractivity (Wildman–Crippen MR) is 141 cm³/mol. The summed E-state index contributed by atoms with van der Waals surface area (Å²) in [5.74, 6) is 1.07.